The molecule has 502 valence electrons. The normalized spacial score (nSPS) is 12.8. The summed E-state index contributed by atoms with van der Waals surface area (Å²) in [7, 11) is 0. The number of unbranched alkanes of at least 4 members (excludes halogenated alkanes) is 61. The zero-order chi connectivity index (χ0) is 61.2. The summed E-state index contributed by atoms with van der Waals surface area (Å²) in [4.78, 5) is 12.6. The minimum atomic E-state index is -0.863. The fraction of sp³-hybridized carbons (Fsp3) is 0.889. The molecule has 0 aliphatic rings. The highest BCUT2D eigenvalue weighted by Crippen LogP contribution is 2.20. The number of hydrogen-bond acceptors (Lipinski definition) is 3. The predicted molar refractivity (Wildman–Crippen MR) is 382 cm³/mol. The first kappa shape index (κ1) is 83.4. The molecule has 0 aromatic rings. The first-order valence-corrected chi connectivity index (χ1v) is 39.4. The lowest BCUT2D eigenvalue weighted by atomic mass is 10.0. The van der Waals surface area contributed by atoms with Crippen LogP contribution in [0.15, 0.2) is 48.6 Å². The van der Waals surface area contributed by atoms with Gasteiger partial charge in [-0.2, -0.15) is 0 Å². The van der Waals surface area contributed by atoms with Crippen LogP contribution >= 0.6 is 0 Å². The summed E-state index contributed by atoms with van der Waals surface area (Å²) in [6.07, 6.45) is 108. The van der Waals surface area contributed by atoms with Gasteiger partial charge in [0.15, 0.2) is 0 Å². The summed E-state index contributed by atoms with van der Waals surface area (Å²) in [6.45, 7) is 4.34. The van der Waals surface area contributed by atoms with Gasteiger partial charge in [-0.05, 0) is 64.2 Å². The van der Waals surface area contributed by atoms with Gasteiger partial charge in [0, 0.05) is 6.42 Å². The van der Waals surface area contributed by atoms with Crippen molar-refractivity contribution in [3.63, 3.8) is 0 Å². The van der Waals surface area contributed by atoms with E-state index in [2.05, 4.69) is 55.6 Å². The average molecular weight is 1190 g/mol. The van der Waals surface area contributed by atoms with Crippen molar-refractivity contribution in [2.75, 3.05) is 6.61 Å². The Hall–Kier alpha value is -1.65. The summed E-state index contributed by atoms with van der Waals surface area (Å²) in [5, 5.41) is 23.3. The molecule has 0 aliphatic carbocycles. The lowest BCUT2D eigenvalue weighted by Gasteiger charge is -2.19. The molecule has 2 atom stereocenters. The summed E-state index contributed by atoms with van der Waals surface area (Å²) < 4.78 is 0. The lowest BCUT2D eigenvalue weighted by Crippen LogP contribution is -2.45. The summed E-state index contributed by atoms with van der Waals surface area (Å²) >= 11 is 0. The van der Waals surface area contributed by atoms with Gasteiger partial charge in [-0.15, -0.1) is 0 Å². The topological polar surface area (TPSA) is 69.6 Å². The number of allylic oxidation sites excluding steroid dienone is 7. The molecule has 4 heteroatoms. The predicted octanol–water partition coefficient (Wildman–Crippen LogP) is 27.2. The van der Waals surface area contributed by atoms with Gasteiger partial charge in [0.05, 0.1) is 18.8 Å². The smallest absolute Gasteiger partial charge is 0.220 e. The number of amides is 1. The highest BCUT2D eigenvalue weighted by atomic mass is 16.3. The number of nitrogens with one attached hydrogen (secondary N) is 1. The molecule has 0 saturated carbocycles. The Kier molecular flexibility index (Phi) is 75.1. The Balaban J connectivity index is 3.40. The summed E-state index contributed by atoms with van der Waals surface area (Å²) in [5.74, 6) is -0.0644. The van der Waals surface area contributed by atoms with Crippen molar-refractivity contribution < 1.29 is 15.0 Å². The van der Waals surface area contributed by atoms with E-state index in [4.69, 9.17) is 0 Å². The van der Waals surface area contributed by atoms with Crippen molar-refractivity contribution in [3.05, 3.63) is 48.6 Å². The van der Waals surface area contributed by atoms with Crippen LogP contribution in [-0.2, 0) is 4.79 Å². The Morgan fingerprint density at radius 1 is 0.282 bits per heavy atom. The highest BCUT2D eigenvalue weighted by Gasteiger charge is 2.18. The third kappa shape index (κ3) is 73.0. The van der Waals surface area contributed by atoms with E-state index in [1.165, 1.54) is 385 Å². The van der Waals surface area contributed by atoms with Crippen molar-refractivity contribution in [3.8, 4) is 0 Å². The molecule has 0 spiro atoms. The van der Waals surface area contributed by atoms with E-state index < -0.39 is 12.1 Å². The van der Waals surface area contributed by atoms with Crippen molar-refractivity contribution >= 4 is 5.91 Å². The van der Waals surface area contributed by atoms with Gasteiger partial charge in [0.2, 0.25) is 5.91 Å². The number of carbonyl (C=O) groups is 1. The molecular formula is C81H155NO3. The number of rotatable bonds is 74. The maximum atomic E-state index is 12.6. The second-order valence-electron chi connectivity index (χ2n) is 27.1. The molecular weight excluding hydrogens is 1030 g/mol. The molecule has 0 rings (SSSR count). The first-order valence-electron chi connectivity index (χ1n) is 39.4. The van der Waals surface area contributed by atoms with E-state index in [0.717, 1.165) is 38.5 Å². The Labute approximate surface area is 534 Å². The highest BCUT2D eigenvalue weighted by molar-refractivity contribution is 5.76. The molecule has 3 N–H and O–H groups in total. The summed E-state index contributed by atoms with van der Waals surface area (Å²) in [5.41, 5.74) is 0. The molecule has 0 aliphatic heterocycles. The fourth-order valence-electron chi connectivity index (χ4n) is 12.6. The minimum absolute atomic E-state index is 0.0644. The van der Waals surface area contributed by atoms with Gasteiger partial charge >= 0.3 is 0 Å². The minimum Gasteiger partial charge on any atom is -0.394 e. The second-order valence-corrected chi connectivity index (χ2v) is 27.1. The Morgan fingerprint density at radius 2 is 0.494 bits per heavy atom. The second kappa shape index (κ2) is 76.6. The zero-order valence-corrected chi connectivity index (χ0v) is 58.2. The number of aliphatic hydroxyl groups is 2. The molecule has 0 radical (unpaired) electrons. The summed E-state index contributed by atoms with van der Waals surface area (Å²) in [6, 6.07) is -0.640. The van der Waals surface area contributed by atoms with E-state index in [9.17, 15) is 15.0 Å². The van der Waals surface area contributed by atoms with E-state index >= 15 is 0 Å². The first-order chi connectivity index (χ1) is 42.2. The zero-order valence-electron chi connectivity index (χ0n) is 58.2. The molecule has 0 aromatic carbocycles. The van der Waals surface area contributed by atoms with E-state index in [-0.39, 0.29) is 12.5 Å². The SMILES string of the molecule is CCCCCCC/C=C\C/C=C\CCCCCCCCCCCCCCCCCCCCCCCCCCCCCCCC(=O)NC(CO)C(O)/C=C/CC/C=C/CCCCCCCCCCCCCCCCCCCCCCCCCCCC. The Bertz CT molecular complexity index is 1350. The Morgan fingerprint density at radius 3 is 0.753 bits per heavy atom. The molecule has 2 unspecified atom stereocenters. The molecule has 1 amide bonds. The third-order valence-electron chi connectivity index (χ3n) is 18.5. The van der Waals surface area contributed by atoms with Crippen LogP contribution < -0.4 is 5.32 Å². The van der Waals surface area contributed by atoms with Crippen molar-refractivity contribution in [1.82, 2.24) is 5.32 Å². The van der Waals surface area contributed by atoms with Crippen molar-refractivity contribution in [2.24, 2.45) is 0 Å². The third-order valence-corrected chi connectivity index (χ3v) is 18.5. The van der Waals surface area contributed by atoms with Crippen LogP contribution in [0.5, 0.6) is 0 Å². The van der Waals surface area contributed by atoms with Crippen molar-refractivity contribution in [2.45, 2.75) is 456 Å². The molecule has 4 nitrogen and oxygen atoms in total. The van der Waals surface area contributed by atoms with Gasteiger partial charge < -0.3 is 15.5 Å². The van der Waals surface area contributed by atoms with Gasteiger partial charge in [-0.1, -0.05) is 422 Å². The molecule has 0 aromatic heterocycles. The largest absolute Gasteiger partial charge is 0.394 e. The van der Waals surface area contributed by atoms with Crippen LogP contribution in [-0.4, -0.2) is 34.9 Å². The van der Waals surface area contributed by atoms with Crippen LogP contribution in [0.1, 0.15) is 444 Å². The van der Waals surface area contributed by atoms with E-state index in [0.29, 0.717) is 6.42 Å². The quantitative estimate of drug-likeness (QED) is 0.0420. The number of hydrogen-bond donors (Lipinski definition) is 3. The van der Waals surface area contributed by atoms with E-state index in [1.54, 1.807) is 6.08 Å². The average Bonchev–Trinajstić information content (AvgIpc) is 3.51. The maximum Gasteiger partial charge on any atom is 0.220 e. The molecule has 0 saturated heterocycles. The van der Waals surface area contributed by atoms with Gasteiger partial charge in [-0.3, -0.25) is 4.79 Å². The van der Waals surface area contributed by atoms with Gasteiger partial charge in [0.25, 0.3) is 0 Å². The van der Waals surface area contributed by atoms with Crippen LogP contribution in [0, 0.1) is 0 Å². The van der Waals surface area contributed by atoms with Gasteiger partial charge in [0.1, 0.15) is 0 Å². The maximum absolute atomic E-state index is 12.6. The van der Waals surface area contributed by atoms with Crippen molar-refractivity contribution in [1.29, 1.82) is 0 Å². The molecule has 0 heterocycles. The number of carbonyl (C=O) groups excluding carboxylic acids is 1. The fourth-order valence-corrected chi connectivity index (χ4v) is 12.6. The van der Waals surface area contributed by atoms with E-state index in [1.807, 2.05) is 6.08 Å². The monoisotopic (exact) mass is 1190 g/mol. The van der Waals surface area contributed by atoms with Crippen LogP contribution in [0.4, 0.5) is 0 Å². The van der Waals surface area contributed by atoms with Crippen LogP contribution in [0.25, 0.3) is 0 Å². The lowest BCUT2D eigenvalue weighted by molar-refractivity contribution is -0.123. The molecule has 0 bridgehead atoms. The number of aliphatic hydroxyl groups excluding tert-OH is 2. The van der Waals surface area contributed by atoms with Crippen LogP contribution in [0.2, 0.25) is 0 Å². The molecule has 0 fully saturated rings. The molecule has 85 heavy (non-hydrogen) atoms. The van der Waals surface area contributed by atoms with Gasteiger partial charge in [-0.25, -0.2) is 0 Å². The standard InChI is InChI=1S/C81H155NO3/c1-3-5-7-9-11-13-15-17-19-21-23-25-27-29-31-33-35-37-38-39-40-41-42-43-44-45-47-49-51-53-55-57-59-61-63-65-67-69-71-73-75-77-81(85)82-79(78-83)80(84)76-74-72-70-68-66-64-62-60-58-56-54-52-50-48-46-36-34-32-30-28-26-24-22-20-18-16-14-12-10-8-6-4-2/h15,17,21,23,66,68,74,76,79-80,83-84H,3-14,16,18-20,22,24-65,67,69-73,75,77-78H2,1-2H3,(H,82,85)/b17-15-,23-21-,68-66+,76-74+. The van der Waals surface area contributed by atoms with Crippen LogP contribution in [0.3, 0.4) is 0 Å².